The van der Waals surface area contributed by atoms with Crippen molar-refractivity contribution in [2.75, 3.05) is 29.6 Å². The monoisotopic (exact) mass is 238 g/mol. The Hall–Kier alpha value is -1.70. The molecule has 4 rings (SSSR count). The Balaban J connectivity index is 2.03. The molecule has 0 aliphatic carbocycles. The molecule has 0 aromatic heterocycles. The van der Waals surface area contributed by atoms with Gasteiger partial charge in [-0.3, -0.25) is 0 Å². The van der Waals surface area contributed by atoms with Gasteiger partial charge in [-0.05, 0) is 22.9 Å². The van der Waals surface area contributed by atoms with Gasteiger partial charge in [-0.15, -0.1) is 0 Å². The Morgan fingerprint density at radius 1 is 0.889 bits per heavy atom. The molecule has 18 heavy (non-hydrogen) atoms. The Labute approximate surface area is 108 Å². The van der Waals surface area contributed by atoms with Crippen molar-refractivity contribution in [2.45, 2.75) is 13.8 Å². The quantitative estimate of drug-likeness (QED) is 0.693. The minimum absolute atomic E-state index is 0.355. The number of rotatable bonds is 0. The standard InChI is InChI=1S/C16H18N2/c1-16(2)9-17-11-18(10-16)14-8-4-6-12-5-3-7-13(17)15(12)14/h3-8H,9-11H2,1-2H3. The Morgan fingerprint density at radius 2 is 1.44 bits per heavy atom. The highest BCUT2D eigenvalue weighted by molar-refractivity contribution is 6.05. The van der Waals surface area contributed by atoms with Gasteiger partial charge in [0.2, 0.25) is 0 Å². The van der Waals surface area contributed by atoms with Crippen molar-refractivity contribution in [1.82, 2.24) is 0 Å². The van der Waals surface area contributed by atoms with E-state index in [1.54, 1.807) is 0 Å². The van der Waals surface area contributed by atoms with Gasteiger partial charge in [0.05, 0.1) is 6.67 Å². The summed E-state index contributed by atoms with van der Waals surface area (Å²) in [7, 11) is 0. The van der Waals surface area contributed by atoms with Gasteiger partial charge in [0, 0.05) is 29.9 Å². The van der Waals surface area contributed by atoms with Gasteiger partial charge in [-0.1, -0.05) is 38.1 Å². The highest BCUT2D eigenvalue weighted by atomic mass is 15.4. The molecule has 2 aromatic carbocycles. The second-order valence-corrected chi connectivity index (χ2v) is 6.35. The van der Waals surface area contributed by atoms with Crippen LogP contribution in [0.15, 0.2) is 36.4 Å². The summed E-state index contributed by atoms with van der Waals surface area (Å²) in [6.07, 6.45) is 0. The molecule has 0 N–H and O–H groups in total. The predicted molar refractivity (Wildman–Crippen MR) is 77.3 cm³/mol. The molecule has 2 bridgehead atoms. The highest BCUT2D eigenvalue weighted by Crippen LogP contribution is 2.43. The Kier molecular flexibility index (Phi) is 1.82. The van der Waals surface area contributed by atoms with E-state index >= 15 is 0 Å². The van der Waals surface area contributed by atoms with Crippen LogP contribution in [-0.2, 0) is 0 Å². The average Bonchev–Trinajstić information content (AvgIpc) is 2.34. The summed E-state index contributed by atoms with van der Waals surface area (Å²) >= 11 is 0. The zero-order valence-electron chi connectivity index (χ0n) is 11.0. The maximum Gasteiger partial charge on any atom is 0.0903 e. The zero-order chi connectivity index (χ0) is 12.3. The van der Waals surface area contributed by atoms with Gasteiger partial charge in [0.15, 0.2) is 0 Å². The second kappa shape index (κ2) is 3.19. The normalized spacial score (nSPS) is 20.3. The Morgan fingerprint density at radius 3 is 2.00 bits per heavy atom. The smallest absolute Gasteiger partial charge is 0.0903 e. The van der Waals surface area contributed by atoms with Crippen molar-refractivity contribution in [3.05, 3.63) is 36.4 Å². The number of benzene rings is 2. The fourth-order valence-electron chi connectivity index (χ4n) is 3.54. The minimum Gasteiger partial charge on any atom is -0.353 e. The maximum atomic E-state index is 2.53. The molecule has 2 heteroatoms. The molecular formula is C16H18N2. The van der Waals surface area contributed by atoms with Crippen LogP contribution in [0.3, 0.4) is 0 Å². The number of hydrogen-bond acceptors (Lipinski definition) is 2. The summed E-state index contributed by atoms with van der Waals surface area (Å²) in [5, 5.41) is 2.79. The summed E-state index contributed by atoms with van der Waals surface area (Å²) in [4.78, 5) is 5.05. The van der Waals surface area contributed by atoms with Gasteiger partial charge in [-0.2, -0.15) is 0 Å². The molecule has 1 saturated heterocycles. The van der Waals surface area contributed by atoms with Gasteiger partial charge in [0.25, 0.3) is 0 Å². The van der Waals surface area contributed by atoms with E-state index < -0.39 is 0 Å². The van der Waals surface area contributed by atoms with Crippen LogP contribution in [0.1, 0.15) is 13.8 Å². The van der Waals surface area contributed by atoms with E-state index in [4.69, 9.17) is 0 Å². The molecule has 2 aliphatic heterocycles. The van der Waals surface area contributed by atoms with Crippen LogP contribution >= 0.6 is 0 Å². The summed E-state index contributed by atoms with van der Waals surface area (Å²) in [5.41, 5.74) is 3.17. The first kappa shape index (κ1) is 10.2. The summed E-state index contributed by atoms with van der Waals surface area (Å²) in [6, 6.07) is 13.3. The molecule has 2 heterocycles. The van der Waals surface area contributed by atoms with E-state index in [0.29, 0.717) is 5.41 Å². The maximum absolute atomic E-state index is 2.53. The predicted octanol–water partition coefficient (Wildman–Crippen LogP) is 3.46. The summed E-state index contributed by atoms with van der Waals surface area (Å²) in [6.45, 7) is 8.06. The second-order valence-electron chi connectivity index (χ2n) is 6.35. The fourth-order valence-corrected chi connectivity index (χ4v) is 3.54. The van der Waals surface area contributed by atoms with Crippen LogP contribution in [-0.4, -0.2) is 19.8 Å². The van der Waals surface area contributed by atoms with Crippen LogP contribution in [0.25, 0.3) is 10.8 Å². The van der Waals surface area contributed by atoms with Crippen molar-refractivity contribution in [2.24, 2.45) is 5.41 Å². The molecule has 0 saturated carbocycles. The van der Waals surface area contributed by atoms with E-state index in [1.165, 1.54) is 22.1 Å². The third kappa shape index (κ3) is 1.29. The fraction of sp³-hybridized carbons (Fsp3) is 0.375. The molecular weight excluding hydrogens is 220 g/mol. The average molecular weight is 238 g/mol. The van der Waals surface area contributed by atoms with Crippen LogP contribution in [0, 0.1) is 5.41 Å². The van der Waals surface area contributed by atoms with Gasteiger partial charge in [0.1, 0.15) is 0 Å². The van der Waals surface area contributed by atoms with E-state index in [2.05, 4.69) is 60.0 Å². The SMILES string of the molecule is CC1(C)CN2CN(C1)c1cccc3cccc2c13. The van der Waals surface area contributed by atoms with Crippen LogP contribution in [0.4, 0.5) is 11.4 Å². The first-order valence-electron chi connectivity index (χ1n) is 6.66. The van der Waals surface area contributed by atoms with Crippen molar-refractivity contribution >= 4 is 22.1 Å². The van der Waals surface area contributed by atoms with Crippen molar-refractivity contribution in [3.8, 4) is 0 Å². The molecule has 0 atom stereocenters. The van der Waals surface area contributed by atoms with Crippen LogP contribution < -0.4 is 9.80 Å². The van der Waals surface area contributed by atoms with Crippen molar-refractivity contribution < 1.29 is 0 Å². The minimum atomic E-state index is 0.355. The van der Waals surface area contributed by atoms with E-state index in [1.807, 2.05) is 0 Å². The molecule has 0 amide bonds. The number of hydrogen-bond donors (Lipinski definition) is 0. The lowest BCUT2D eigenvalue weighted by molar-refractivity contribution is 0.329. The lowest BCUT2D eigenvalue weighted by Gasteiger charge is -2.50. The summed E-state index contributed by atoms with van der Waals surface area (Å²) < 4.78 is 0. The molecule has 0 radical (unpaired) electrons. The first-order chi connectivity index (χ1) is 8.64. The third-order valence-electron chi connectivity index (χ3n) is 4.12. The molecule has 0 unspecified atom stereocenters. The van der Waals surface area contributed by atoms with Crippen molar-refractivity contribution in [3.63, 3.8) is 0 Å². The van der Waals surface area contributed by atoms with E-state index in [-0.39, 0.29) is 0 Å². The topological polar surface area (TPSA) is 6.48 Å². The Bertz CT molecular complexity index is 581. The third-order valence-corrected chi connectivity index (χ3v) is 4.12. The van der Waals surface area contributed by atoms with Crippen LogP contribution in [0.5, 0.6) is 0 Å². The first-order valence-corrected chi connectivity index (χ1v) is 6.66. The number of nitrogens with zero attached hydrogens (tertiary/aromatic N) is 2. The molecule has 2 aliphatic rings. The lowest BCUT2D eigenvalue weighted by Crippen LogP contribution is -2.55. The zero-order valence-corrected chi connectivity index (χ0v) is 11.0. The summed E-state index contributed by atoms with van der Waals surface area (Å²) in [5.74, 6) is 0. The largest absolute Gasteiger partial charge is 0.353 e. The van der Waals surface area contributed by atoms with E-state index in [9.17, 15) is 0 Å². The highest BCUT2D eigenvalue weighted by Gasteiger charge is 2.35. The molecule has 0 spiro atoms. The van der Waals surface area contributed by atoms with E-state index in [0.717, 1.165) is 19.8 Å². The number of fused-ring (bicyclic) bond motifs is 4. The van der Waals surface area contributed by atoms with Gasteiger partial charge in [-0.25, -0.2) is 0 Å². The molecule has 92 valence electrons. The number of anilines is 2. The van der Waals surface area contributed by atoms with Crippen molar-refractivity contribution in [1.29, 1.82) is 0 Å². The van der Waals surface area contributed by atoms with Gasteiger partial charge >= 0.3 is 0 Å². The lowest BCUT2D eigenvalue weighted by atomic mass is 9.87. The molecule has 2 aromatic rings. The molecule has 1 fully saturated rings. The van der Waals surface area contributed by atoms with Gasteiger partial charge < -0.3 is 9.80 Å². The van der Waals surface area contributed by atoms with Crippen LogP contribution in [0.2, 0.25) is 0 Å². The molecule has 2 nitrogen and oxygen atoms in total.